The number of nitrogens with zero attached hydrogens (tertiary/aromatic N) is 1. The van der Waals surface area contributed by atoms with Gasteiger partial charge in [0.1, 0.15) is 17.0 Å². The highest BCUT2D eigenvalue weighted by atomic mass is 19.1. The molecule has 0 spiro atoms. The van der Waals surface area contributed by atoms with Gasteiger partial charge in [0.15, 0.2) is 0 Å². The molecule has 1 amide bonds. The van der Waals surface area contributed by atoms with Gasteiger partial charge in [-0.3, -0.25) is 9.59 Å². The zero-order valence-corrected chi connectivity index (χ0v) is 17.7. The predicted octanol–water partition coefficient (Wildman–Crippen LogP) is 4.30. The molecule has 1 aromatic rings. The fourth-order valence-corrected chi connectivity index (χ4v) is 4.36. The van der Waals surface area contributed by atoms with E-state index in [0.29, 0.717) is 25.6 Å². The van der Waals surface area contributed by atoms with Crippen LogP contribution in [0.4, 0.5) is 4.39 Å². The molecule has 1 heterocycles. The van der Waals surface area contributed by atoms with Crippen molar-refractivity contribution in [2.24, 2.45) is 11.3 Å². The van der Waals surface area contributed by atoms with Crippen molar-refractivity contribution in [1.29, 1.82) is 0 Å². The average molecular weight is 406 g/mol. The molecule has 5 nitrogen and oxygen atoms in total. The van der Waals surface area contributed by atoms with Gasteiger partial charge in [-0.05, 0) is 64.2 Å². The van der Waals surface area contributed by atoms with Crippen LogP contribution in [0.1, 0.15) is 64.4 Å². The van der Waals surface area contributed by atoms with Crippen LogP contribution in [0.2, 0.25) is 0 Å². The Balaban J connectivity index is 1.58. The number of ether oxygens (including phenoxy) is 2. The van der Waals surface area contributed by atoms with Crippen LogP contribution in [0.3, 0.4) is 0 Å². The molecule has 2 fully saturated rings. The summed E-state index contributed by atoms with van der Waals surface area (Å²) in [5, 5.41) is 0. The summed E-state index contributed by atoms with van der Waals surface area (Å²) in [7, 11) is 0. The van der Waals surface area contributed by atoms with Gasteiger partial charge in [-0.15, -0.1) is 0 Å². The maximum Gasteiger partial charge on any atom is 0.321 e. The summed E-state index contributed by atoms with van der Waals surface area (Å²) < 4.78 is 24.9. The van der Waals surface area contributed by atoms with Crippen LogP contribution in [-0.2, 0) is 14.3 Å². The predicted molar refractivity (Wildman–Crippen MR) is 108 cm³/mol. The number of likely N-dealkylation sites (tertiary alicyclic amines) is 1. The van der Waals surface area contributed by atoms with Crippen LogP contribution in [0, 0.1) is 17.2 Å². The van der Waals surface area contributed by atoms with Crippen molar-refractivity contribution >= 4 is 11.9 Å². The molecule has 0 bridgehead atoms. The van der Waals surface area contributed by atoms with E-state index < -0.39 is 11.4 Å². The maximum absolute atomic E-state index is 13.8. The molecule has 1 atom stereocenters. The lowest BCUT2D eigenvalue weighted by Crippen LogP contribution is -2.45. The van der Waals surface area contributed by atoms with E-state index in [0.717, 1.165) is 30.6 Å². The highest BCUT2D eigenvalue weighted by molar-refractivity contribution is 6.01. The van der Waals surface area contributed by atoms with Crippen LogP contribution in [-0.4, -0.2) is 43.1 Å². The number of esters is 1. The Kier molecular flexibility index (Phi) is 6.81. The first-order valence-corrected chi connectivity index (χ1v) is 10.7. The molecule has 3 rings (SSSR count). The molecule has 1 aliphatic heterocycles. The fourth-order valence-electron chi connectivity index (χ4n) is 4.36. The standard InChI is InChI=1S/C23H32FNO4/c1-4-28-22(27)23(2,3)21(26)25-12-11-16(14-25)15-29-20-10-9-18(24)13-19(20)17-7-5-6-8-17/h9-10,13,16-17H,4-8,11-12,14-15H2,1-3H3. The number of carbonyl (C=O) groups is 2. The Labute approximate surface area is 172 Å². The SMILES string of the molecule is CCOC(=O)C(C)(C)C(=O)N1CCC(COc2ccc(F)cc2C2CCCC2)C1. The topological polar surface area (TPSA) is 55.8 Å². The summed E-state index contributed by atoms with van der Waals surface area (Å²) in [4.78, 5) is 26.7. The lowest BCUT2D eigenvalue weighted by molar-refractivity contribution is -0.162. The Bertz CT molecular complexity index is 742. The molecule has 29 heavy (non-hydrogen) atoms. The fraction of sp³-hybridized carbons (Fsp3) is 0.652. The molecule has 1 saturated heterocycles. The van der Waals surface area contributed by atoms with E-state index in [2.05, 4.69) is 0 Å². The van der Waals surface area contributed by atoms with Gasteiger partial charge < -0.3 is 14.4 Å². The van der Waals surface area contributed by atoms with Gasteiger partial charge in [0.25, 0.3) is 0 Å². The summed E-state index contributed by atoms with van der Waals surface area (Å²) in [6.45, 7) is 6.86. The molecular formula is C23H32FNO4. The summed E-state index contributed by atoms with van der Waals surface area (Å²) >= 11 is 0. The Hall–Kier alpha value is -2.11. The first kappa shape index (κ1) is 21.6. The third-order valence-electron chi connectivity index (χ3n) is 6.13. The second-order valence-corrected chi connectivity index (χ2v) is 8.73. The first-order chi connectivity index (χ1) is 13.8. The molecular weight excluding hydrogens is 373 g/mol. The summed E-state index contributed by atoms with van der Waals surface area (Å²) in [6, 6.07) is 4.78. The van der Waals surface area contributed by atoms with Crippen LogP contribution in [0.25, 0.3) is 0 Å². The Morgan fingerprint density at radius 2 is 1.93 bits per heavy atom. The van der Waals surface area contributed by atoms with Gasteiger partial charge >= 0.3 is 5.97 Å². The quantitative estimate of drug-likeness (QED) is 0.501. The minimum absolute atomic E-state index is 0.193. The summed E-state index contributed by atoms with van der Waals surface area (Å²) in [5.41, 5.74) is -0.213. The van der Waals surface area contributed by atoms with E-state index >= 15 is 0 Å². The number of halogens is 1. The molecule has 0 aromatic heterocycles. The van der Waals surface area contributed by atoms with Crippen molar-refractivity contribution in [2.75, 3.05) is 26.3 Å². The first-order valence-electron chi connectivity index (χ1n) is 10.7. The zero-order chi connectivity index (χ0) is 21.0. The van der Waals surface area contributed by atoms with Crippen LogP contribution in [0.15, 0.2) is 18.2 Å². The third kappa shape index (κ3) is 4.90. The van der Waals surface area contributed by atoms with Crippen LogP contribution in [0.5, 0.6) is 5.75 Å². The molecule has 2 aliphatic rings. The number of rotatable bonds is 7. The van der Waals surface area contributed by atoms with Gasteiger partial charge in [0.05, 0.1) is 13.2 Å². The van der Waals surface area contributed by atoms with Crippen molar-refractivity contribution < 1.29 is 23.5 Å². The number of carbonyl (C=O) groups excluding carboxylic acids is 2. The van der Waals surface area contributed by atoms with E-state index in [1.807, 2.05) is 0 Å². The van der Waals surface area contributed by atoms with E-state index in [1.165, 1.54) is 18.9 Å². The van der Waals surface area contributed by atoms with Crippen LogP contribution >= 0.6 is 0 Å². The smallest absolute Gasteiger partial charge is 0.321 e. The molecule has 160 valence electrons. The van der Waals surface area contributed by atoms with Crippen molar-refractivity contribution in [2.45, 2.75) is 58.8 Å². The van der Waals surface area contributed by atoms with Crippen molar-refractivity contribution in [3.8, 4) is 5.75 Å². The normalized spacial score (nSPS) is 20.1. The second-order valence-electron chi connectivity index (χ2n) is 8.73. The number of benzene rings is 1. The Morgan fingerprint density at radius 1 is 1.21 bits per heavy atom. The number of hydrogen-bond acceptors (Lipinski definition) is 4. The van der Waals surface area contributed by atoms with Gasteiger partial charge in [-0.1, -0.05) is 12.8 Å². The van der Waals surface area contributed by atoms with E-state index in [4.69, 9.17) is 9.47 Å². The largest absolute Gasteiger partial charge is 0.493 e. The summed E-state index contributed by atoms with van der Waals surface area (Å²) in [5.74, 6) is 0.406. The second kappa shape index (κ2) is 9.14. The maximum atomic E-state index is 13.8. The van der Waals surface area contributed by atoms with Crippen molar-refractivity contribution in [3.63, 3.8) is 0 Å². The number of hydrogen-bond donors (Lipinski definition) is 0. The molecule has 1 saturated carbocycles. The van der Waals surface area contributed by atoms with E-state index in [1.54, 1.807) is 37.8 Å². The molecule has 0 N–H and O–H groups in total. The highest BCUT2D eigenvalue weighted by Gasteiger charge is 2.42. The molecule has 0 radical (unpaired) electrons. The lowest BCUT2D eigenvalue weighted by atomic mass is 9.92. The van der Waals surface area contributed by atoms with Gasteiger partial charge in [-0.25, -0.2) is 4.39 Å². The minimum Gasteiger partial charge on any atom is -0.493 e. The average Bonchev–Trinajstić information content (AvgIpc) is 3.38. The number of amides is 1. The zero-order valence-electron chi connectivity index (χ0n) is 17.7. The van der Waals surface area contributed by atoms with E-state index in [-0.39, 0.29) is 24.2 Å². The van der Waals surface area contributed by atoms with E-state index in [9.17, 15) is 14.0 Å². The van der Waals surface area contributed by atoms with Gasteiger partial charge in [0, 0.05) is 24.6 Å². The molecule has 1 aliphatic carbocycles. The molecule has 1 unspecified atom stereocenters. The monoisotopic (exact) mass is 405 g/mol. The van der Waals surface area contributed by atoms with Gasteiger partial charge in [-0.2, -0.15) is 0 Å². The van der Waals surface area contributed by atoms with Crippen molar-refractivity contribution in [1.82, 2.24) is 4.90 Å². The summed E-state index contributed by atoms with van der Waals surface area (Å²) in [6.07, 6.45) is 5.33. The highest BCUT2D eigenvalue weighted by Crippen LogP contribution is 2.39. The Morgan fingerprint density at radius 3 is 2.62 bits per heavy atom. The van der Waals surface area contributed by atoms with Crippen LogP contribution < -0.4 is 4.74 Å². The van der Waals surface area contributed by atoms with Crippen molar-refractivity contribution in [3.05, 3.63) is 29.6 Å². The third-order valence-corrected chi connectivity index (χ3v) is 6.13. The molecule has 1 aromatic carbocycles. The minimum atomic E-state index is -1.18. The van der Waals surface area contributed by atoms with Gasteiger partial charge in [0.2, 0.25) is 5.91 Å². The molecule has 6 heteroatoms. The lowest BCUT2D eigenvalue weighted by Gasteiger charge is -2.27.